The molecule has 1 heterocycles. The zero-order chi connectivity index (χ0) is 19.2. The fourth-order valence-electron chi connectivity index (χ4n) is 3.29. The third-order valence-electron chi connectivity index (χ3n) is 4.73. The van der Waals surface area contributed by atoms with Crippen LogP contribution in [0.4, 0.5) is 0 Å². The number of fused-ring (bicyclic) bond motifs is 1. The van der Waals surface area contributed by atoms with Crippen LogP contribution in [-0.4, -0.2) is 22.0 Å². The van der Waals surface area contributed by atoms with E-state index in [0.717, 1.165) is 22.0 Å². The quantitative estimate of drug-likeness (QED) is 0.562. The van der Waals surface area contributed by atoms with E-state index >= 15 is 0 Å². The molecule has 0 saturated heterocycles. The number of aliphatic carboxylic acids is 1. The molecule has 2 aromatic carbocycles. The summed E-state index contributed by atoms with van der Waals surface area (Å²) < 4.78 is 0. The van der Waals surface area contributed by atoms with Crippen molar-refractivity contribution in [1.29, 1.82) is 0 Å². The Morgan fingerprint density at radius 2 is 1.89 bits per heavy atom. The number of rotatable bonds is 8. The van der Waals surface area contributed by atoms with Crippen molar-refractivity contribution in [2.24, 2.45) is 0 Å². The predicted octanol–water partition coefficient (Wildman–Crippen LogP) is 4.13. The molecule has 5 heteroatoms. The van der Waals surface area contributed by atoms with Gasteiger partial charge in [-0.25, -0.2) is 0 Å². The maximum atomic E-state index is 12.5. The Hall–Kier alpha value is -3.08. The molecule has 3 aromatic rings. The van der Waals surface area contributed by atoms with Crippen LogP contribution in [0.1, 0.15) is 42.0 Å². The first kappa shape index (κ1) is 18.7. The number of aromatic amines is 1. The van der Waals surface area contributed by atoms with Crippen molar-refractivity contribution in [2.75, 3.05) is 0 Å². The van der Waals surface area contributed by atoms with Crippen LogP contribution in [0.3, 0.4) is 0 Å². The van der Waals surface area contributed by atoms with E-state index in [4.69, 9.17) is 5.11 Å². The summed E-state index contributed by atoms with van der Waals surface area (Å²) in [6.45, 7) is 2.05. The Labute approximate surface area is 158 Å². The minimum Gasteiger partial charge on any atom is -0.481 e. The summed E-state index contributed by atoms with van der Waals surface area (Å²) in [5.41, 5.74) is 4.30. The summed E-state index contributed by atoms with van der Waals surface area (Å²) in [5, 5.41) is 13.1. The van der Waals surface area contributed by atoms with Gasteiger partial charge in [0, 0.05) is 29.9 Å². The minimum absolute atomic E-state index is 0.0154. The van der Waals surface area contributed by atoms with Crippen molar-refractivity contribution >= 4 is 22.8 Å². The lowest BCUT2D eigenvalue weighted by Crippen LogP contribution is -2.29. The number of carbonyl (C=O) groups excluding carboxylic acids is 1. The van der Waals surface area contributed by atoms with Crippen LogP contribution in [0.5, 0.6) is 0 Å². The summed E-state index contributed by atoms with van der Waals surface area (Å²) in [5.74, 6) is -0.935. The van der Waals surface area contributed by atoms with E-state index in [1.54, 1.807) is 0 Å². The molecule has 5 nitrogen and oxygen atoms in total. The van der Waals surface area contributed by atoms with Crippen molar-refractivity contribution < 1.29 is 14.7 Å². The zero-order valence-electron chi connectivity index (χ0n) is 15.4. The molecule has 0 saturated carbocycles. The molecule has 27 heavy (non-hydrogen) atoms. The number of hydrogen-bond acceptors (Lipinski definition) is 2. The minimum atomic E-state index is -0.862. The number of hydrogen-bond donors (Lipinski definition) is 3. The van der Waals surface area contributed by atoms with Crippen molar-refractivity contribution in [3.05, 3.63) is 71.4 Å². The molecule has 140 valence electrons. The summed E-state index contributed by atoms with van der Waals surface area (Å²) in [7, 11) is 0. The summed E-state index contributed by atoms with van der Waals surface area (Å²) in [6.07, 6.45) is 3.34. The lowest BCUT2D eigenvalue weighted by Gasteiger charge is -2.18. The molecule has 0 spiro atoms. The van der Waals surface area contributed by atoms with Gasteiger partial charge in [0.15, 0.2) is 0 Å². The van der Waals surface area contributed by atoms with E-state index in [-0.39, 0.29) is 18.4 Å². The van der Waals surface area contributed by atoms with E-state index in [1.165, 1.54) is 5.56 Å². The highest BCUT2D eigenvalue weighted by Crippen LogP contribution is 2.22. The molecule has 0 bridgehead atoms. The molecule has 0 radical (unpaired) electrons. The molecule has 3 N–H and O–H groups in total. The lowest BCUT2D eigenvalue weighted by atomic mass is 10.0. The van der Waals surface area contributed by atoms with Gasteiger partial charge in [0.1, 0.15) is 0 Å². The van der Waals surface area contributed by atoms with Gasteiger partial charge >= 0.3 is 5.97 Å². The van der Waals surface area contributed by atoms with Crippen LogP contribution in [0.2, 0.25) is 0 Å². The van der Waals surface area contributed by atoms with Gasteiger partial charge in [-0.1, -0.05) is 42.0 Å². The monoisotopic (exact) mass is 364 g/mol. The molecule has 1 unspecified atom stereocenters. The second-order valence-corrected chi connectivity index (χ2v) is 6.83. The largest absolute Gasteiger partial charge is 0.481 e. The van der Waals surface area contributed by atoms with E-state index < -0.39 is 5.97 Å². The van der Waals surface area contributed by atoms with Crippen molar-refractivity contribution in [3.8, 4) is 0 Å². The van der Waals surface area contributed by atoms with Crippen LogP contribution in [-0.2, 0) is 16.0 Å². The number of amides is 1. The molecule has 0 fully saturated rings. The molecular formula is C22H24N2O3. The van der Waals surface area contributed by atoms with Crippen molar-refractivity contribution in [3.63, 3.8) is 0 Å². The van der Waals surface area contributed by atoms with E-state index in [1.807, 2.05) is 42.6 Å². The average Bonchev–Trinajstić information content (AvgIpc) is 3.06. The van der Waals surface area contributed by atoms with E-state index in [0.29, 0.717) is 19.3 Å². The highest BCUT2D eigenvalue weighted by atomic mass is 16.4. The summed E-state index contributed by atoms with van der Waals surface area (Å²) in [6, 6.07) is 15.4. The van der Waals surface area contributed by atoms with Gasteiger partial charge in [-0.3, -0.25) is 9.59 Å². The van der Waals surface area contributed by atoms with Crippen LogP contribution < -0.4 is 5.32 Å². The molecule has 1 atom stereocenters. The van der Waals surface area contributed by atoms with Gasteiger partial charge in [0.25, 0.3) is 0 Å². The topological polar surface area (TPSA) is 82.2 Å². The Morgan fingerprint density at radius 1 is 1.11 bits per heavy atom. The number of aryl methyl sites for hydroxylation is 2. The molecule has 0 aliphatic heterocycles. The first-order chi connectivity index (χ1) is 13.0. The predicted molar refractivity (Wildman–Crippen MR) is 106 cm³/mol. The second-order valence-electron chi connectivity index (χ2n) is 6.83. The molecule has 0 aliphatic rings. The van der Waals surface area contributed by atoms with Crippen LogP contribution >= 0.6 is 0 Å². The summed E-state index contributed by atoms with van der Waals surface area (Å²) in [4.78, 5) is 26.7. The van der Waals surface area contributed by atoms with Gasteiger partial charge in [0.05, 0.1) is 6.04 Å². The zero-order valence-corrected chi connectivity index (χ0v) is 15.4. The number of aromatic nitrogens is 1. The number of H-pyrrole nitrogens is 1. The van der Waals surface area contributed by atoms with Crippen LogP contribution in [0.25, 0.3) is 10.9 Å². The maximum Gasteiger partial charge on any atom is 0.303 e. The molecule has 0 aliphatic carbocycles. The number of carboxylic acid groups (broad SMARTS) is 1. The molecule has 3 rings (SSSR count). The number of carboxylic acids is 1. The third kappa shape index (κ3) is 4.97. The molecular weight excluding hydrogens is 340 g/mol. The fraction of sp³-hybridized carbons (Fsp3) is 0.273. The Bertz CT molecular complexity index is 931. The maximum absolute atomic E-state index is 12.5. The normalized spacial score (nSPS) is 12.0. The lowest BCUT2D eigenvalue weighted by molar-refractivity contribution is -0.137. The highest BCUT2D eigenvalue weighted by Gasteiger charge is 2.16. The van der Waals surface area contributed by atoms with Gasteiger partial charge in [0.2, 0.25) is 5.91 Å². The van der Waals surface area contributed by atoms with E-state index in [2.05, 4.69) is 29.4 Å². The average molecular weight is 364 g/mol. The van der Waals surface area contributed by atoms with Crippen LogP contribution in [0, 0.1) is 6.92 Å². The van der Waals surface area contributed by atoms with Gasteiger partial charge < -0.3 is 15.4 Å². The Balaban J connectivity index is 1.64. The number of nitrogens with one attached hydrogen (secondary N) is 2. The highest BCUT2D eigenvalue weighted by molar-refractivity contribution is 5.85. The standard InChI is InChI=1S/C22H24N2O3/c1-15-7-9-20-18(13-15)17(14-23-20)8-11-21(25)24-19(10-12-22(26)27)16-5-3-2-4-6-16/h2-7,9,13-14,19,23H,8,10-12H2,1H3,(H,24,25)(H,26,27). The SMILES string of the molecule is Cc1ccc2[nH]cc(CCC(=O)NC(CCC(=O)O)c3ccccc3)c2c1. The first-order valence-corrected chi connectivity index (χ1v) is 9.15. The first-order valence-electron chi connectivity index (χ1n) is 9.15. The van der Waals surface area contributed by atoms with Gasteiger partial charge in [-0.15, -0.1) is 0 Å². The van der Waals surface area contributed by atoms with Crippen molar-refractivity contribution in [2.45, 2.75) is 38.6 Å². The second kappa shape index (κ2) is 8.54. The van der Waals surface area contributed by atoms with Crippen LogP contribution in [0.15, 0.2) is 54.7 Å². The number of carbonyl (C=O) groups is 2. The van der Waals surface area contributed by atoms with Gasteiger partial charge in [-0.05, 0) is 43.0 Å². The summed E-state index contributed by atoms with van der Waals surface area (Å²) >= 11 is 0. The van der Waals surface area contributed by atoms with Crippen molar-refractivity contribution in [1.82, 2.24) is 10.3 Å². The van der Waals surface area contributed by atoms with Gasteiger partial charge in [-0.2, -0.15) is 0 Å². The number of benzene rings is 2. The molecule has 1 aromatic heterocycles. The smallest absolute Gasteiger partial charge is 0.303 e. The fourth-order valence-corrected chi connectivity index (χ4v) is 3.29. The molecule has 1 amide bonds. The third-order valence-corrected chi connectivity index (χ3v) is 4.73. The Morgan fingerprint density at radius 3 is 2.63 bits per heavy atom. The Kier molecular flexibility index (Phi) is 5.91. The van der Waals surface area contributed by atoms with E-state index in [9.17, 15) is 9.59 Å².